The van der Waals surface area contributed by atoms with E-state index in [1.54, 1.807) is 48.9 Å². The molecule has 0 spiro atoms. The smallest absolute Gasteiger partial charge is 0.251 e. The molecule has 3 rings (SSSR count). The summed E-state index contributed by atoms with van der Waals surface area (Å²) in [7, 11) is 1.63. The van der Waals surface area contributed by atoms with Gasteiger partial charge in [-0.25, -0.2) is 0 Å². The van der Waals surface area contributed by atoms with E-state index in [1.165, 1.54) is 0 Å². The van der Waals surface area contributed by atoms with Crippen LogP contribution >= 0.6 is 11.3 Å². The standard InChI is InChI=1S/C20H20N2O3S/c1-24-8-9-25-18-6-4-16(5-7-18)20(23)22-13-15-11-17(14-21-12-15)19-3-2-10-26-19/h2-7,10-12,14H,8-9,13H2,1H3,(H,22,23). The normalized spacial score (nSPS) is 10.5. The number of methoxy groups -OCH3 is 1. The molecular weight excluding hydrogens is 348 g/mol. The first-order valence-electron chi connectivity index (χ1n) is 8.24. The number of carbonyl (C=O) groups excluding carboxylic acids is 1. The Hall–Kier alpha value is -2.70. The zero-order valence-electron chi connectivity index (χ0n) is 14.5. The fraction of sp³-hybridized carbons (Fsp3) is 0.200. The molecule has 1 aromatic carbocycles. The van der Waals surface area contributed by atoms with Gasteiger partial charge >= 0.3 is 0 Å². The monoisotopic (exact) mass is 368 g/mol. The number of benzene rings is 1. The minimum absolute atomic E-state index is 0.130. The second-order valence-electron chi connectivity index (χ2n) is 5.61. The molecule has 0 fully saturated rings. The Kier molecular flexibility index (Phi) is 6.35. The molecule has 26 heavy (non-hydrogen) atoms. The van der Waals surface area contributed by atoms with Gasteiger partial charge in [0.05, 0.1) is 6.61 Å². The van der Waals surface area contributed by atoms with Crippen LogP contribution in [-0.2, 0) is 11.3 Å². The number of pyridine rings is 1. The van der Waals surface area contributed by atoms with E-state index in [2.05, 4.69) is 16.4 Å². The maximum absolute atomic E-state index is 12.3. The van der Waals surface area contributed by atoms with Gasteiger partial charge in [-0.15, -0.1) is 11.3 Å². The van der Waals surface area contributed by atoms with E-state index in [9.17, 15) is 4.79 Å². The van der Waals surface area contributed by atoms with Crippen molar-refractivity contribution in [2.24, 2.45) is 0 Å². The Labute approximate surface area is 156 Å². The minimum Gasteiger partial charge on any atom is -0.491 e. The van der Waals surface area contributed by atoms with Gasteiger partial charge in [-0.3, -0.25) is 9.78 Å². The molecule has 1 N–H and O–H groups in total. The lowest BCUT2D eigenvalue weighted by molar-refractivity contribution is 0.0950. The lowest BCUT2D eigenvalue weighted by Gasteiger charge is -2.08. The first kappa shape index (κ1) is 18.1. The van der Waals surface area contributed by atoms with Gasteiger partial charge < -0.3 is 14.8 Å². The fourth-order valence-electron chi connectivity index (χ4n) is 2.39. The van der Waals surface area contributed by atoms with E-state index in [1.807, 2.05) is 23.7 Å². The first-order valence-corrected chi connectivity index (χ1v) is 9.12. The van der Waals surface area contributed by atoms with E-state index >= 15 is 0 Å². The zero-order valence-corrected chi connectivity index (χ0v) is 15.3. The van der Waals surface area contributed by atoms with Crippen molar-refractivity contribution in [3.63, 3.8) is 0 Å². The highest BCUT2D eigenvalue weighted by molar-refractivity contribution is 7.13. The number of rotatable bonds is 8. The molecule has 134 valence electrons. The third-order valence-corrected chi connectivity index (χ3v) is 4.65. The number of nitrogens with zero attached hydrogens (tertiary/aromatic N) is 1. The van der Waals surface area contributed by atoms with Crippen LogP contribution in [-0.4, -0.2) is 31.2 Å². The molecule has 0 bridgehead atoms. The predicted octanol–water partition coefficient (Wildman–Crippen LogP) is 3.77. The van der Waals surface area contributed by atoms with E-state index in [4.69, 9.17) is 9.47 Å². The van der Waals surface area contributed by atoms with Gasteiger partial charge in [0.25, 0.3) is 5.91 Å². The maximum Gasteiger partial charge on any atom is 0.251 e. The molecule has 0 unspecified atom stereocenters. The molecule has 0 aliphatic carbocycles. The number of amides is 1. The Balaban J connectivity index is 1.56. The van der Waals surface area contributed by atoms with Gasteiger partial charge in [-0.05, 0) is 47.3 Å². The van der Waals surface area contributed by atoms with Gasteiger partial charge in [0, 0.05) is 42.1 Å². The van der Waals surface area contributed by atoms with Crippen LogP contribution in [0.1, 0.15) is 15.9 Å². The van der Waals surface area contributed by atoms with Crippen molar-refractivity contribution >= 4 is 17.2 Å². The van der Waals surface area contributed by atoms with Crippen molar-refractivity contribution < 1.29 is 14.3 Å². The number of hydrogen-bond acceptors (Lipinski definition) is 5. The number of hydrogen-bond donors (Lipinski definition) is 1. The number of carbonyl (C=O) groups is 1. The number of ether oxygens (including phenoxy) is 2. The summed E-state index contributed by atoms with van der Waals surface area (Å²) in [6.45, 7) is 1.44. The SMILES string of the molecule is COCCOc1ccc(C(=O)NCc2cncc(-c3cccs3)c2)cc1. The molecule has 1 amide bonds. The van der Waals surface area contributed by atoms with Crippen LogP contribution in [0.2, 0.25) is 0 Å². The topological polar surface area (TPSA) is 60.5 Å². The van der Waals surface area contributed by atoms with E-state index < -0.39 is 0 Å². The first-order chi connectivity index (χ1) is 12.8. The number of aromatic nitrogens is 1. The van der Waals surface area contributed by atoms with Crippen molar-refractivity contribution in [1.82, 2.24) is 10.3 Å². The molecule has 0 aliphatic heterocycles. The van der Waals surface area contributed by atoms with Crippen LogP contribution in [0.15, 0.2) is 60.2 Å². The van der Waals surface area contributed by atoms with Crippen LogP contribution in [0, 0.1) is 0 Å². The molecule has 5 nitrogen and oxygen atoms in total. The molecule has 0 aliphatic rings. The molecule has 0 radical (unpaired) electrons. The summed E-state index contributed by atoms with van der Waals surface area (Å²) in [5.41, 5.74) is 2.61. The molecule has 6 heteroatoms. The molecule has 2 heterocycles. The summed E-state index contributed by atoms with van der Waals surface area (Å²) in [6.07, 6.45) is 3.60. The summed E-state index contributed by atoms with van der Waals surface area (Å²) in [5.74, 6) is 0.585. The summed E-state index contributed by atoms with van der Waals surface area (Å²) in [5, 5.41) is 4.96. The summed E-state index contributed by atoms with van der Waals surface area (Å²) >= 11 is 1.67. The van der Waals surface area contributed by atoms with Crippen LogP contribution in [0.25, 0.3) is 10.4 Å². The second kappa shape index (κ2) is 9.12. The van der Waals surface area contributed by atoms with E-state index in [-0.39, 0.29) is 5.91 Å². The lowest BCUT2D eigenvalue weighted by atomic mass is 10.1. The molecular formula is C20H20N2O3S. The van der Waals surface area contributed by atoms with Crippen molar-refractivity contribution in [2.75, 3.05) is 20.3 Å². The van der Waals surface area contributed by atoms with E-state index in [0.717, 1.165) is 16.0 Å². The third-order valence-electron chi connectivity index (χ3n) is 3.73. The van der Waals surface area contributed by atoms with Crippen molar-refractivity contribution in [2.45, 2.75) is 6.54 Å². The average Bonchev–Trinajstić information content (AvgIpc) is 3.22. The van der Waals surface area contributed by atoms with Gasteiger partial charge in [0.1, 0.15) is 12.4 Å². The molecule has 0 saturated carbocycles. The molecule has 2 aromatic heterocycles. The predicted molar refractivity (Wildman–Crippen MR) is 103 cm³/mol. The quantitative estimate of drug-likeness (QED) is 0.615. The Morgan fingerprint density at radius 3 is 2.73 bits per heavy atom. The summed E-state index contributed by atoms with van der Waals surface area (Å²) < 4.78 is 10.4. The second-order valence-corrected chi connectivity index (χ2v) is 6.56. The average molecular weight is 368 g/mol. The number of nitrogens with one attached hydrogen (secondary N) is 1. The highest BCUT2D eigenvalue weighted by atomic mass is 32.1. The van der Waals surface area contributed by atoms with Crippen molar-refractivity contribution in [3.05, 3.63) is 71.4 Å². The van der Waals surface area contributed by atoms with Crippen LogP contribution in [0.5, 0.6) is 5.75 Å². The number of thiophene rings is 1. The van der Waals surface area contributed by atoms with Gasteiger partial charge in [-0.2, -0.15) is 0 Å². The highest BCUT2D eigenvalue weighted by Crippen LogP contribution is 2.24. The third kappa shape index (κ3) is 4.91. The van der Waals surface area contributed by atoms with Crippen LogP contribution in [0.3, 0.4) is 0 Å². The Morgan fingerprint density at radius 2 is 2.00 bits per heavy atom. The fourth-order valence-corrected chi connectivity index (χ4v) is 3.10. The van der Waals surface area contributed by atoms with Crippen LogP contribution < -0.4 is 10.1 Å². The molecule has 0 atom stereocenters. The Bertz CT molecular complexity index is 833. The van der Waals surface area contributed by atoms with E-state index in [0.29, 0.717) is 31.1 Å². The van der Waals surface area contributed by atoms with Crippen molar-refractivity contribution in [3.8, 4) is 16.2 Å². The summed E-state index contributed by atoms with van der Waals surface area (Å²) in [6, 6.07) is 13.2. The van der Waals surface area contributed by atoms with Gasteiger partial charge in [-0.1, -0.05) is 6.07 Å². The maximum atomic E-state index is 12.3. The molecule has 0 saturated heterocycles. The largest absolute Gasteiger partial charge is 0.491 e. The zero-order chi connectivity index (χ0) is 18.2. The minimum atomic E-state index is -0.130. The Morgan fingerprint density at radius 1 is 1.15 bits per heavy atom. The highest BCUT2D eigenvalue weighted by Gasteiger charge is 2.07. The van der Waals surface area contributed by atoms with Crippen molar-refractivity contribution in [1.29, 1.82) is 0 Å². The summed E-state index contributed by atoms with van der Waals surface area (Å²) in [4.78, 5) is 17.7. The van der Waals surface area contributed by atoms with Crippen LogP contribution in [0.4, 0.5) is 0 Å². The lowest BCUT2D eigenvalue weighted by Crippen LogP contribution is -2.22. The van der Waals surface area contributed by atoms with Gasteiger partial charge in [0.2, 0.25) is 0 Å². The van der Waals surface area contributed by atoms with Gasteiger partial charge in [0.15, 0.2) is 0 Å². The molecule has 3 aromatic rings.